The third-order valence-electron chi connectivity index (χ3n) is 5.42. The standard InChI is InChI=1S/C20H30N4O3S/c1-4-5-9-17(20(25)24-13-11-23(12-14-24)15(2)3)21-19-16-8-6-7-10-18(16)28(26,27)22-19/h6-8,10,15,17H,4-5,9,11-14H2,1-3H3,(H,21,22). The number of hydrogen-bond acceptors (Lipinski definition) is 5. The zero-order valence-corrected chi connectivity index (χ0v) is 17.7. The minimum Gasteiger partial charge on any atom is -0.338 e. The molecule has 1 N–H and O–H groups in total. The summed E-state index contributed by atoms with van der Waals surface area (Å²) >= 11 is 0. The maximum absolute atomic E-state index is 13.2. The Morgan fingerprint density at radius 1 is 1.18 bits per heavy atom. The summed E-state index contributed by atoms with van der Waals surface area (Å²) in [5, 5.41) is 0. The van der Waals surface area contributed by atoms with Crippen molar-refractivity contribution < 1.29 is 13.2 Å². The van der Waals surface area contributed by atoms with Crippen molar-refractivity contribution in [3.05, 3.63) is 29.8 Å². The first-order valence-electron chi connectivity index (χ1n) is 10.1. The van der Waals surface area contributed by atoms with Gasteiger partial charge in [-0.15, -0.1) is 0 Å². The van der Waals surface area contributed by atoms with Gasteiger partial charge in [0.05, 0.1) is 4.90 Å². The van der Waals surface area contributed by atoms with Gasteiger partial charge in [-0.1, -0.05) is 31.9 Å². The van der Waals surface area contributed by atoms with Crippen LogP contribution in [-0.2, 0) is 14.8 Å². The minimum atomic E-state index is -3.60. The molecule has 1 saturated heterocycles. The van der Waals surface area contributed by atoms with E-state index in [2.05, 4.69) is 35.4 Å². The predicted molar refractivity (Wildman–Crippen MR) is 110 cm³/mol. The van der Waals surface area contributed by atoms with E-state index < -0.39 is 16.1 Å². The quantitative estimate of drug-likeness (QED) is 0.781. The lowest BCUT2D eigenvalue weighted by atomic mass is 10.1. The summed E-state index contributed by atoms with van der Waals surface area (Å²) in [5.41, 5.74) is 0.543. The fourth-order valence-electron chi connectivity index (χ4n) is 3.70. The summed E-state index contributed by atoms with van der Waals surface area (Å²) in [7, 11) is -3.60. The first kappa shape index (κ1) is 20.8. The summed E-state index contributed by atoms with van der Waals surface area (Å²) in [5.74, 6) is 0.277. The van der Waals surface area contributed by atoms with Crippen LogP contribution in [0.1, 0.15) is 45.6 Å². The predicted octanol–water partition coefficient (Wildman–Crippen LogP) is 1.84. The number of benzene rings is 1. The summed E-state index contributed by atoms with van der Waals surface area (Å²) in [6.07, 6.45) is 2.44. The van der Waals surface area contributed by atoms with Crippen LogP contribution in [0.2, 0.25) is 0 Å². The Balaban J connectivity index is 1.82. The van der Waals surface area contributed by atoms with E-state index >= 15 is 0 Å². The van der Waals surface area contributed by atoms with Crippen molar-refractivity contribution >= 4 is 21.8 Å². The molecule has 1 atom stereocenters. The molecule has 1 unspecified atom stereocenters. The average Bonchev–Trinajstić information content (AvgIpc) is 2.95. The highest BCUT2D eigenvalue weighted by atomic mass is 32.2. The SMILES string of the molecule is CCCCC(N=C1NS(=O)(=O)c2ccccc21)C(=O)N1CCN(C(C)C)CC1. The number of unbranched alkanes of at least 4 members (excludes halogenated alkanes) is 1. The summed E-state index contributed by atoms with van der Waals surface area (Å²) in [4.78, 5) is 22.2. The van der Waals surface area contributed by atoms with Crippen molar-refractivity contribution in [2.75, 3.05) is 26.2 Å². The van der Waals surface area contributed by atoms with E-state index in [4.69, 9.17) is 0 Å². The van der Waals surface area contributed by atoms with Gasteiger partial charge in [-0.05, 0) is 32.4 Å². The molecule has 1 amide bonds. The van der Waals surface area contributed by atoms with E-state index in [1.165, 1.54) is 0 Å². The number of aliphatic imine (C=N–C) groups is 1. The Hall–Kier alpha value is -1.93. The van der Waals surface area contributed by atoms with E-state index in [1.54, 1.807) is 24.3 Å². The summed E-state index contributed by atoms with van der Waals surface area (Å²) in [6.45, 7) is 9.49. The number of piperazine rings is 1. The van der Waals surface area contributed by atoms with Crippen LogP contribution >= 0.6 is 0 Å². The zero-order valence-electron chi connectivity index (χ0n) is 16.9. The number of hydrogen-bond donors (Lipinski definition) is 1. The van der Waals surface area contributed by atoms with Crippen LogP contribution in [0.5, 0.6) is 0 Å². The monoisotopic (exact) mass is 406 g/mol. The molecule has 0 saturated carbocycles. The molecule has 2 aliphatic rings. The molecule has 28 heavy (non-hydrogen) atoms. The van der Waals surface area contributed by atoms with Crippen LogP contribution in [0.3, 0.4) is 0 Å². The minimum absolute atomic E-state index is 0.00654. The van der Waals surface area contributed by atoms with Gasteiger partial charge in [0.25, 0.3) is 10.0 Å². The Bertz CT molecular complexity index is 843. The highest BCUT2D eigenvalue weighted by Gasteiger charge is 2.33. The van der Waals surface area contributed by atoms with Crippen LogP contribution in [0, 0.1) is 0 Å². The number of amides is 1. The first-order valence-corrected chi connectivity index (χ1v) is 11.5. The van der Waals surface area contributed by atoms with Gasteiger partial charge >= 0.3 is 0 Å². The van der Waals surface area contributed by atoms with E-state index in [9.17, 15) is 13.2 Å². The maximum Gasteiger partial charge on any atom is 0.263 e. The molecular formula is C20H30N4O3S. The first-order chi connectivity index (χ1) is 13.3. The maximum atomic E-state index is 13.2. The number of carbonyl (C=O) groups excluding carboxylic acids is 1. The summed E-state index contributed by atoms with van der Waals surface area (Å²) in [6, 6.07) is 6.68. The van der Waals surface area contributed by atoms with Gasteiger partial charge in [-0.3, -0.25) is 19.4 Å². The highest BCUT2D eigenvalue weighted by molar-refractivity contribution is 7.90. The Labute approximate surface area is 167 Å². The number of carbonyl (C=O) groups is 1. The molecule has 7 nitrogen and oxygen atoms in total. The number of nitrogens with zero attached hydrogens (tertiary/aromatic N) is 3. The van der Waals surface area contributed by atoms with E-state index in [0.29, 0.717) is 31.1 Å². The highest BCUT2D eigenvalue weighted by Crippen LogP contribution is 2.23. The van der Waals surface area contributed by atoms with Gasteiger partial charge in [-0.25, -0.2) is 8.42 Å². The largest absolute Gasteiger partial charge is 0.338 e. The van der Waals surface area contributed by atoms with Gasteiger partial charge in [-0.2, -0.15) is 0 Å². The van der Waals surface area contributed by atoms with Crippen LogP contribution in [-0.4, -0.2) is 68.2 Å². The van der Waals surface area contributed by atoms with Gasteiger partial charge in [0.1, 0.15) is 11.9 Å². The van der Waals surface area contributed by atoms with Gasteiger partial charge in [0.2, 0.25) is 5.91 Å². The summed E-state index contributed by atoms with van der Waals surface area (Å²) < 4.78 is 27.2. The third kappa shape index (κ3) is 4.38. The molecule has 8 heteroatoms. The second-order valence-corrected chi connectivity index (χ2v) is 9.34. The molecule has 2 heterocycles. The second-order valence-electron chi connectivity index (χ2n) is 7.69. The van der Waals surface area contributed by atoms with Gasteiger partial charge in [0, 0.05) is 37.8 Å². The lowest BCUT2D eigenvalue weighted by Crippen LogP contribution is -2.52. The number of amidine groups is 1. The molecule has 2 aliphatic heterocycles. The normalized spacial score (nSPS) is 21.6. The van der Waals surface area contributed by atoms with E-state index in [0.717, 1.165) is 25.9 Å². The van der Waals surface area contributed by atoms with Crippen LogP contribution in [0.25, 0.3) is 0 Å². The topological polar surface area (TPSA) is 82.1 Å². The molecule has 0 aromatic heterocycles. The molecule has 154 valence electrons. The van der Waals surface area contributed by atoms with E-state index in [1.807, 2.05) is 4.90 Å². The molecule has 0 radical (unpaired) electrons. The number of fused-ring (bicyclic) bond motifs is 1. The smallest absolute Gasteiger partial charge is 0.263 e. The van der Waals surface area contributed by atoms with Crippen LogP contribution in [0.4, 0.5) is 0 Å². The molecule has 1 fully saturated rings. The number of sulfonamides is 1. The molecule has 1 aromatic rings. The number of nitrogens with one attached hydrogen (secondary N) is 1. The second kappa shape index (κ2) is 8.61. The van der Waals surface area contributed by atoms with Crippen LogP contribution in [0.15, 0.2) is 34.2 Å². The fraction of sp³-hybridized carbons (Fsp3) is 0.600. The fourth-order valence-corrected chi connectivity index (χ4v) is 4.93. The van der Waals surface area contributed by atoms with Crippen molar-refractivity contribution in [2.45, 2.75) is 57.0 Å². The lowest BCUT2D eigenvalue weighted by Gasteiger charge is -2.37. The lowest BCUT2D eigenvalue weighted by molar-refractivity contribution is -0.134. The van der Waals surface area contributed by atoms with Gasteiger partial charge in [0.15, 0.2) is 0 Å². The average molecular weight is 407 g/mol. The van der Waals surface area contributed by atoms with Crippen molar-refractivity contribution in [2.24, 2.45) is 4.99 Å². The Morgan fingerprint density at radius 3 is 2.50 bits per heavy atom. The van der Waals surface area contributed by atoms with Gasteiger partial charge < -0.3 is 4.90 Å². The molecule has 3 rings (SSSR count). The number of rotatable bonds is 6. The molecule has 0 aliphatic carbocycles. The molecule has 0 bridgehead atoms. The van der Waals surface area contributed by atoms with Crippen molar-refractivity contribution in [1.29, 1.82) is 0 Å². The molecule has 1 aromatic carbocycles. The van der Waals surface area contributed by atoms with Crippen molar-refractivity contribution in [3.63, 3.8) is 0 Å². The molecule has 0 spiro atoms. The zero-order chi connectivity index (χ0) is 20.3. The third-order valence-corrected chi connectivity index (χ3v) is 6.82. The van der Waals surface area contributed by atoms with E-state index in [-0.39, 0.29) is 16.6 Å². The van der Waals surface area contributed by atoms with Crippen molar-refractivity contribution in [1.82, 2.24) is 14.5 Å². The van der Waals surface area contributed by atoms with Crippen LogP contribution < -0.4 is 4.72 Å². The van der Waals surface area contributed by atoms with Crippen molar-refractivity contribution in [3.8, 4) is 0 Å². The Morgan fingerprint density at radius 2 is 1.86 bits per heavy atom. The Kier molecular flexibility index (Phi) is 6.40. The molecular weight excluding hydrogens is 376 g/mol.